The van der Waals surface area contributed by atoms with Gasteiger partial charge in [0.15, 0.2) is 0 Å². The average molecular weight is 452 g/mol. The fraction of sp³-hybridized carbons (Fsp3) is 0.409. The summed E-state index contributed by atoms with van der Waals surface area (Å²) in [6, 6.07) is 12.4. The van der Waals surface area contributed by atoms with Crippen molar-refractivity contribution in [3.05, 3.63) is 65.7 Å². The number of carbonyl (C=O) groups excluding carboxylic acids is 1. The lowest BCUT2D eigenvalue weighted by molar-refractivity contribution is -0.126. The van der Waals surface area contributed by atoms with Crippen LogP contribution in [0.15, 0.2) is 53.4 Å². The maximum Gasteiger partial charge on any atom is 0.246 e. The number of hydrogen-bond donors (Lipinski definition) is 1. The van der Waals surface area contributed by atoms with Gasteiger partial charge in [-0.05, 0) is 43.7 Å². The van der Waals surface area contributed by atoms with Gasteiger partial charge in [-0.25, -0.2) is 17.2 Å². The second-order valence-corrected chi connectivity index (χ2v) is 9.67. The Hall–Kier alpha value is -2.36. The van der Waals surface area contributed by atoms with Gasteiger partial charge in [-0.15, -0.1) is 0 Å². The van der Waals surface area contributed by atoms with E-state index in [9.17, 15) is 22.0 Å². The number of sulfonamides is 1. The van der Waals surface area contributed by atoms with E-state index in [0.29, 0.717) is 32.0 Å². The van der Waals surface area contributed by atoms with Crippen LogP contribution in [0.2, 0.25) is 0 Å². The van der Waals surface area contributed by atoms with Crippen molar-refractivity contribution in [2.24, 2.45) is 5.92 Å². The number of carbonyl (C=O) groups is 1. The summed E-state index contributed by atoms with van der Waals surface area (Å²) in [6.45, 7) is 2.14. The molecule has 0 radical (unpaired) electrons. The molecule has 0 atom stereocenters. The lowest BCUT2D eigenvalue weighted by Gasteiger charge is -2.30. The molecule has 1 aliphatic rings. The topological polar surface area (TPSA) is 69.7 Å². The van der Waals surface area contributed by atoms with E-state index in [1.165, 1.54) is 5.56 Å². The van der Waals surface area contributed by atoms with Gasteiger partial charge in [0.2, 0.25) is 15.9 Å². The smallest absolute Gasteiger partial charge is 0.246 e. The maximum absolute atomic E-state index is 13.9. The Balaban J connectivity index is 1.46. The first-order valence-electron chi connectivity index (χ1n) is 10.2. The van der Waals surface area contributed by atoms with Crippen molar-refractivity contribution in [1.29, 1.82) is 0 Å². The molecule has 0 saturated carbocycles. The third kappa shape index (κ3) is 6.09. The summed E-state index contributed by atoms with van der Waals surface area (Å²) in [5.74, 6) is -2.21. The average Bonchev–Trinajstić information content (AvgIpc) is 2.76. The van der Waals surface area contributed by atoms with Crippen molar-refractivity contribution in [2.75, 3.05) is 33.2 Å². The molecular weight excluding hydrogens is 424 g/mol. The molecule has 3 rings (SSSR count). The highest BCUT2D eigenvalue weighted by molar-refractivity contribution is 7.89. The number of benzene rings is 2. The van der Waals surface area contributed by atoms with Gasteiger partial charge >= 0.3 is 0 Å². The van der Waals surface area contributed by atoms with Crippen molar-refractivity contribution < 1.29 is 22.0 Å². The standard InChI is InChI=1S/C22H27F2N3O3S/c1-26(16-17-5-3-2-4-6-17)14-11-25-22(28)18-9-12-27(13-10-18)31(29,30)21-15-19(23)7-8-20(21)24/h2-8,15,18H,9-14,16H2,1H3,(H,25,28). The summed E-state index contributed by atoms with van der Waals surface area (Å²) < 4.78 is 53.7. The molecule has 31 heavy (non-hydrogen) atoms. The quantitative estimate of drug-likeness (QED) is 0.670. The van der Waals surface area contributed by atoms with E-state index in [1.54, 1.807) is 0 Å². The Kier molecular flexibility index (Phi) is 7.74. The Bertz CT molecular complexity index is 994. The predicted molar refractivity (Wildman–Crippen MR) is 114 cm³/mol. The summed E-state index contributed by atoms with van der Waals surface area (Å²) in [5.41, 5.74) is 1.19. The monoisotopic (exact) mass is 451 g/mol. The molecule has 0 aromatic heterocycles. The fourth-order valence-electron chi connectivity index (χ4n) is 3.66. The lowest BCUT2D eigenvalue weighted by Crippen LogP contribution is -2.44. The lowest BCUT2D eigenvalue weighted by atomic mass is 9.97. The molecule has 9 heteroatoms. The van der Waals surface area contributed by atoms with Gasteiger partial charge < -0.3 is 10.2 Å². The van der Waals surface area contributed by atoms with Crippen LogP contribution in [0.25, 0.3) is 0 Å². The Morgan fingerprint density at radius 3 is 2.48 bits per heavy atom. The summed E-state index contributed by atoms with van der Waals surface area (Å²) in [5, 5.41) is 2.91. The van der Waals surface area contributed by atoms with Crippen LogP contribution in [0.5, 0.6) is 0 Å². The van der Waals surface area contributed by atoms with E-state index >= 15 is 0 Å². The molecule has 168 valence electrons. The third-order valence-corrected chi connectivity index (χ3v) is 7.34. The predicted octanol–water partition coefficient (Wildman–Crippen LogP) is 2.61. The molecule has 0 spiro atoms. The van der Waals surface area contributed by atoms with E-state index in [2.05, 4.69) is 10.2 Å². The summed E-state index contributed by atoms with van der Waals surface area (Å²) in [4.78, 5) is 13.9. The second-order valence-electron chi connectivity index (χ2n) is 7.77. The molecule has 2 aromatic rings. The van der Waals surface area contributed by atoms with E-state index in [0.717, 1.165) is 23.0 Å². The molecule has 1 fully saturated rings. The van der Waals surface area contributed by atoms with Gasteiger partial charge in [0.25, 0.3) is 0 Å². The molecule has 6 nitrogen and oxygen atoms in total. The molecule has 1 aliphatic heterocycles. The van der Waals surface area contributed by atoms with Crippen LogP contribution < -0.4 is 5.32 Å². The minimum Gasteiger partial charge on any atom is -0.355 e. The third-order valence-electron chi connectivity index (χ3n) is 5.42. The van der Waals surface area contributed by atoms with Crippen LogP contribution in [0.4, 0.5) is 8.78 Å². The van der Waals surface area contributed by atoms with E-state index in [4.69, 9.17) is 0 Å². The van der Waals surface area contributed by atoms with Crippen molar-refractivity contribution >= 4 is 15.9 Å². The molecule has 0 aliphatic carbocycles. The van der Waals surface area contributed by atoms with Crippen molar-refractivity contribution in [2.45, 2.75) is 24.3 Å². The number of nitrogens with zero attached hydrogens (tertiary/aromatic N) is 2. The Morgan fingerprint density at radius 1 is 1.13 bits per heavy atom. The van der Waals surface area contributed by atoms with Crippen molar-refractivity contribution in [1.82, 2.24) is 14.5 Å². The van der Waals surface area contributed by atoms with Crippen LogP contribution >= 0.6 is 0 Å². The van der Waals surface area contributed by atoms with Crippen LogP contribution in [-0.2, 0) is 21.4 Å². The van der Waals surface area contributed by atoms with Crippen LogP contribution in [0, 0.1) is 17.6 Å². The van der Waals surface area contributed by atoms with Gasteiger partial charge in [-0.2, -0.15) is 4.31 Å². The SMILES string of the molecule is CN(CCNC(=O)C1CCN(S(=O)(=O)c2cc(F)ccc2F)CC1)Cc1ccccc1. The molecular formula is C22H27F2N3O3S. The second kappa shape index (κ2) is 10.3. The van der Waals surface area contributed by atoms with Crippen molar-refractivity contribution in [3.8, 4) is 0 Å². The van der Waals surface area contributed by atoms with E-state index < -0.39 is 26.6 Å². The van der Waals surface area contributed by atoms with Gasteiger partial charge in [0.05, 0.1) is 0 Å². The minimum absolute atomic E-state index is 0.0876. The number of rotatable bonds is 8. The number of likely N-dealkylation sites (N-methyl/N-ethyl adjacent to an activating group) is 1. The number of halogens is 2. The highest BCUT2D eigenvalue weighted by Gasteiger charge is 2.33. The van der Waals surface area contributed by atoms with Crippen molar-refractivity contribution in [3.63, 3.8) is 0 Å². The molecule has 1 amide bonds. The zero-order valence-electron chi connectivity index (χ0n) is 17.4. The van der Waals surface area contributed by atoms with Crippen LogP contribution in [0.3, 0.4) is 0 Å². The Labute approximate surface area is 181 Å². The van der Waals surface area contributed by atoms with Crippen LogP contribution in [0.1, 0.15) is 18.4 Å². The summed E-state index contributed by atoms with van der Waals surface area (Å²) >= 11 is 0. The molecule has 1 heterocycles. The van der Waals surface area contributed by atoms with Crippen LogP contribution in [-0.4, -0.2) is 56.8 Å². The summed E-state index contributed by atoms with van der Waals surface area (Å²) in [7, 11) is -2.16. The molecule has 0 bridgehead atoms. The molecule has 1 N–H and O–H groups in total. The molecule has 0 unspecified atom stereocenters. The number of hydrogen-bond acceptors (Lipinski definition) is 4. The van der Waals surface area contributed by atoms with Gasteiger partial charge in [-0.3, -0.25) is 4.79 Å². The maximum atomic E-state index is 13.9. The fourth-order valence-corrected chi connectivity index (χ4v) is 5.21. The number of amides is 1. The normalized spacial score (nSPS) is 15.9. The van der Waals surface area contributed by atoms with E-state index in [1.807, 2.05) is 37.4 Å². The van der Waals surface area contributed by atoms with E-state index in [-0.39, 0.29) is 24.9 Å². The van der Waals surface area contributed by atoms with Gasteiger partial charge in [0.1, 0.15) is 16.5 Å². The first-order valence-corrected chi connectivity index (χ1v) is 11.7. The molecule has 2 aromatic carbocycles. The molecule has 1 saturated heterocycles. The summed E-state index contributed by atoms with van der Waals surface area (Å²) in [6.07, 6.45) is 0.670. The zero-order valence-corrected chi connectivity index (χ0v) is 18.2. The highest BCUT2D eigenvalue weighted by atomic mass is 32.2. The Morgan fingerprint density at radius 2 is 1.81 bits per heavy atom. The zero-order chi connectivity index (χ0) is 22.4. The minimum atomic E-state index is -4.14. The first kappa shape index (κ1) is 23.3. The largest absolute Gasteiger partial charge is 0.355 e. The van der Waals surface area contributed by atoms with Gasteiger partial charge in [0, 0.05) is 38.6 Å². The first-order chi connectivity index (χ1) is 14.8. The number of nitrogens with one attached hydrogen (secondary N) is 1. The highest BCUT2D eigenvalue weighted by Crippen LogP contribution is 2.26. The van der Waals surface area contributed by atoms with Gasteiger partial charge in [-0.1, -0.05) is 30.3 Å². The number of piperidine rings is 1.